The van der Waals surface area contributed by atoms with Gasteiger partial charge in [-0.3, -0.25) is 9.63 Å². The minimum atomic E-state index is -0.250. The summed E-state index contributed by atoms with van der Waals surface area (Å²) in [5, 5.41) is 1.14. The van der Waals surface area contributed by atoms with Crippen molar-refractivity contribution in [2.75, 3.05) is 24.6 Å². The van der Waals surface area contributed by atoms with Gasteiger partial charge < -0.3 is 4.90 Å². The maximum atomic E-state index is 11.8. The molecule has 144 valence electrons. The number of amides is 1. The second-order valence-corrected chi connectivity index (χ2v) is 7.56. The van der Waals surface area contributed by atoms with E-state index >= 15 is 0 Å². The third kappa shape index (κ3) is 5.82. The molecule has 0 bridgehead atoms. The molecule has 1 aliphatic heterocycles. The first-order valence-electron chi connectivity index (χ1n) is 9.09. The van der Waals surface area contributed by atoms with Gasteiger partial charge in [0, 0.05) is 30.5 Å². The Kier molecular flexibility index (Phi) is 7.32. The van der Waals surface area contributed by atoms with Gasteiger partial charge in [-0.25, -0.2) is 15.4 Å². The number of nitrogens with zero attached hydrogens (tertiary/aromatic N) is 3. The van der Waals surface area contributed by atoms with Crippen LogP contribution in [-0.4, -0.2) is 35.6 Å². The first-order valence-corrected chi connectivity index (χ1v) is 10.5. The largest absolute Gasteiger partial charge is 0.356 e. The number of rotatable bonds is 7. The number of anilines is 1. The Hall–Kier alpha value is -1.83. The predicted molar refractivity (Wildman–Crippen MR) is 108 cm³/mol. The lowest BCUT2D eigenvalue weighted by Gasteiger charge is -2.27. The number of hydrogen-bond donors (Lipinski definition) is 1. The molecule has 0 unspecified atom stereocenters. The van der Waals surface area contributed by atoms with E-state index in [9.17, 15) is 4.79 Å². The molecular weight excluding hydrogens is 384 g/mol. The zero-order valence-electron chi connectivity index (χ0n) is 15.3. The van der Waals surface area contributed by atoms with E-state index < -0.39 is 0 Å². The number of thioether (sulfide) groups is 1. The highest BCUT2D eigenvalue weighted by molar-refractivity contribution is 7.98. The van der Waals surface area contributed by atoms with Crippen LogP contribution < -0.4 is 10.4 Å². The van der Waals surface area contributed by atoms with E-state index in [1.54, 1.807) is 12.1 Å². The summed E-state index contributed by atoms with van der Waals surface area (Å²) in [5.74, 6) is 1.35. The molecule has 0 radical (unpaired) electrons. The van der Waals surface area contributed by atoms with E-state index in [1.165, 1.54) is 31.0 Å². The van der Waals surface area contributed by atoms with Crippen LogP contribution in [0.15, 0.2) is 35.5 Å². The van der Waals surface area contributed by atoms with Gasteiger partial charge in [0.25, 0.3) is 5.91 Å². The lowest BCUT2D eigenvalue weighted by atomic mass is 10.1. The molecule has 0 spiro atoms. The molecule has 1 fully saturated rings. The Bertz CT molecular complexity index is 767. The van der Waals surface area contributed by atoms with Gasteiger partial charge in [-0.15, -0.1) is 0 Å². The smallest absolute Gasteiger partial charge is 0.274 e. The number of halogens is 1. The number of carbonyl (C=O) groups is 1. The van der Waals surface area contributed by atoms with Gasteiger partial charge in [0.1, 0.15) is 11.0 Å². The molecule has 1 aromatic heterocycles. The van der Waals surface area contributed by atoms with Crippen molar-refractivity contribution in [3.8, 4) is 0 Å². The number of carbonyl (C=O) groups excluding carboxylic acids is 1. The molecule has 0 atom stereocenters. The van der Waals surface area contributed by atoms with Crippen LogP contribution in [0.1, 0.15) is 42.1 Å². The van der Waals surface area contributed by atoms with Gasteiger partial charge in [-0.05, 0) is 43.9 Å². The number of aromatic nitrogens is 2. The van der Waals surface area contributed by atoms with Crippen LogP contribution in [0.25, 0.3) is 0 Å². The Morgan fingerprint density at radius 2 is 1.96 bits per heavy atom. The Labute approximate surface area is 168 Å². The normalized spacial score (nSPS) is 14.2. The van der Waals surface area contributed by atoms with Gasteiger partial charge in [-0.1, -0.05) is 35.5 Å². The summed E-state index contributed by atoms with van der Waals surface area (Å²) in [5.41, 5.74) is 4.02. The zero-order valence-corrected chi connectivity index (χ0v) is 16.9. The number of piperidine rings is 1. The number of nitrogens with one attached hydrogen (secondary N) is 1. The molecule has 27 heavy (non-hydrogen) atoms. The van der Waals surface area contributed by atoms with Gasteiger partial charge in [0.05, 0.1) is 6.61 Å². The third-order valence-corrected chi connectivity index (χ3v) is 5.35. The molecule has 1 saturated heterocycles. The van der Waals surface area contributed by atoms with Crippen molar-refractivity contribution < 1.29 is 9.63 Å². The summed E-state index contributed by atoms with van der Waals surface area (Å²) in [6.45, 7) is 4.28. The number of hydrogen-bond acceptors (Lipinski definition) is 6. The van der Waals surface area contributed by atoms with Crippen LogP contribution in [0.5, 0.6) is 0 Å². The van der Waals surface area contributed by atoms with E-state index in [0.29, 0.717) is 28.2 Å². The first kappa shape index (κ1) is 19.9. The minimum Gasteiger partial charge on any atom is -0.356 e. The van der Waals surface area contributed by atoms with Crippen molar-refractivity contribution in [2.45, 2.75) is 37.1 Å². The van der Waals surface area contributed by atoms with Gasteiger partial charge in [0.2, 0.25) is 0 Å². The van der Waals surface area contributed by atoms with Crippen molar-refractivity contribution in [1.82, 2.24) is 15.4 Å². The fraction of sp³-hybridized carbons (Fsp3) is 0.421. The van der Waals surface area contributed by atoms with Crippen molar-refractivity contribution in [3.63, 3.8) is 0 Å². The van der Waals surface area contributed by atoms with E-state index in [2.05, 4.69) is 20.3 Å². The maximum Gasteiger partial charge on any atom is 0.274 e. The fourth-order valence-corrected chi connectivity index (χ4v) is 3.87. The molecule has 1 aromatic carbocycles. The molecule has 3 rings (SSSR count). The third-order valence-electron chi connectivity index (χ3n) is 4.23. The summed E-state index contributed by atoms with van der Waals surface area (Å²) >= 11 is 7.74. The Morgan fingerprint density at radius 1 is 1.22 bits per heavy atom. The number of hydroxylamine groups is 1. The van der Waals surface area contributed by atoms with Gasteiger partial charge >= 0.3 is 0 Å². The number of benzene rings is 1. The summed E-state index contributed by atoms with van der Waals surface area (Å²) < 4.78 is 0. The van der Waals surface area contributed by atoms with Crippen molar-refractivity contribution in [2.24, 2.45) is 0 Å². The Balaban J connectivity index is 1.61. The quantitative estimate of drug-likeness (QED) is 0.323. The average Bonchev–Trinajstić information content (AvgIpc) is 2.71. The van der Waals surface area contributed by atoms with Crippen LogP contribution in [0.2, 0.25) is 5.15 Å². The maximum absolute atomic E-state index is 11.8. The molecular formula is C19H23ClN4O2S. The van der Waals surface area contributed by atoms with Gasteiger partial charge in [0.15, 0.2) is 5.16 Å². The molecule has 0 aliphatic carbocycles. The summed E-state index contributed by atoms with van der Waals surface area (Å²) in [6.07, 6.45) is 3.65. The fourth-order valence-electron chi connectivity index (χ4n) is 2.83. The Morgan fingerprint density at radius 3 is 2.67 bits per heavy atom. The minimum absolute atomic E-state index is 0.250. The van der Waals surface area contributed by atoms with Crippen LogP contribution in [-0.2, 0) is 10.6 Å². The average molecular weight is 407 g/mol. The summed E-state index contributed by atoms with van der Waals surface area (Å²) in [7, 11) is 0. The SMILES string of the molecule is CCONC(=O)c1ccc(CSc2nc(Cl)cc(N3CCCCC3)n2)cc1. The van der Waals surface area contributed by atoms with E-state index in [1.807, 2.05) is 25.1 Å². The zero-order chi connectivity index (χ0) is 19.1. The molecule has 6 nitrogen and oxygen atoms in total. The molecule has 1 aliphatic rings. The van der Waals surface area contributed by atoms with Gasteiger partial charge in [-0.2, -0.15) is 0 Å². The van der Waals surface area contributed by atoms with Crippen LogP contribution in [0.4, 0.5) is 5.82 Å². The van der Waals surface area contributed by atoms with Crippen molar-refractivity contribution >= 4 is 35.1 Å². The van der Waals surface area contributed by atoms with Crippen molar-refractivity contribution in [1.29, 1.82) is 0 Å². The van der Waals surface area contributed by atoms with E-state index in [-0.39, 0.29) is 5.91 Å². The summed E-state index contributed by atoms with van der Waals surface area (Å²) in [6, 6.07) is 9.24. The molecule has 8 heteroatoms. The van der Waals surface area contributed by atoms with Crippen molar-refractivity contribution in [3.05, 3.63) is 46.6 Å². The molecule has 2 heterocycles. The highest BCUT2D eigenvalue weighted by Crippen LogP contribution is 2.26. The topological polar surface area (TPSA) is 67.3 Å². The van der Waals surface area contributed by atoms with Crippen LogP contribution in [0.3, 0.4) is 0 Å². The van der Waals surface area contributed by atoms with Crippen LogP contribution in [0, 0.1) is 0 Å². The summed E-state index contributed by atoms with van der Waals surface area (Å²) in [4.78, 5) is 28.0. The first-order chi connectivity index (χ1) is 13.2. The standard InChI is InChI=1S/C19H23ClN4O2S/c1-2-26-23-18(25)15-8-6-14(7-9-15)13-27-19-21-16(20)12-17(22-19)24-10-4-3-5-11-24/h6-9,12H,2-5,10-11,13H2,1H3,(H,23,25). The second-order valence-electron chi connectivity index (χ2n) is 6.23. The second kappa shape index (κ2) is 9.92. The van der Waals surface area contributed by atoms with E-state index in [0.717, 1.165) is 24.5 Å². The lowest BCUT2D eigenvalue weighted by Crippen LogP contribution is -2.30. The van der Waals surface area contributed by atoms with Crippen LogP contribution >= 0.6 is 23.4 Å². The molecule has 0 saturated carbocycles. The highest BCUT2D eigenvalue weighted by atomic mass is 35.5. The van der Waals surface area contributed by atoms with E-state index in [4.69, 9.17) is 16.4 Å². The predicted octanol–water partition coefficient (Wildman–Crippen LogP) is 4.09. The molecule has 2 aromatic rings. The monoisotopic (exact) mass is 406 g/mol. The lowest BCUT2D eigenvalue weighted by molar-refractivity contribution is 0.0364. The molecule has 1 amide bonds. The highest BCUT2D eigenvalue weighted by Gasteiger charge is 2.14. The molecule has 1 N–H and O–H groups in total.